The quantitative estimate of drug-likeness (QED) is 0.680. The number of benzene rings is 2. The molecule has 154 valence electrons. The highest BCUT2D eigenvalue weighted by Crippen LogP contribution is 2.32. The molecular weight excluding hydrogens is 453 g/mol. The average molecular weight is 471 g/mol. The van der Waals surface area contributed by atoms with Gasteiger partial charge in [-0.05, 0) is 30.2 Å². The third-order valence-corrected chi connectivity index (χ3v) is 5.37. The number of carbonyl (C=O) groups excluding carboxylic acids is 1. The van der Waals surface area contributed by atoms with Gasteiger partial charge in [-0.1, -0.05) is 46.3 Å². The van der Waals surface area contributed by atoms with Gasteiger partial charge in [0.05, 0.1) is 5.56 Å². The number of amides is 2. The summed E-state index contributed by atoms with van der Waals surface area (Å²) in [7, 11) is 0. The summed E-state index contributed by atoms with van der Waals surface area (Å²) in [5.74, 6) is -0.939. The van der Waals surface area contributed by atoms with E-state index in [2.05, 4.69) is 21.2 Å². The summed E-state index contributed by atoms with van der Waals surface area (Å²) in [5.41, 5.74) is -0.175. The molecule has 0 aliphatic carbocycles. The first-order chi connectivity index (χ1) is 13.6. The molecule has 1 aliphatic heterocycles. The maximum Gasteiger partial charge on any atom is 0.416 e. The van der Waals surface area contributed by atoms with E-state index in [9.17, 15) is 27.9 Å². The van der Waals surface area contributed by atoms with Crippen molar-refractivity contribution in [3.63, 3.8) is 0 Å². The minimum Gasteiger partial charge on any atom is -0.465 e. The molecule has 1 saturated heterocycles. The molecule has 2 aromatic rings. The Morgan fingerprint density at radius 2 is 1.83 bits per heavy atom. The van der Waals surface area contributed by atoms with Gasteiger partial charge in [0.25, 0.3) is 5.91 Å². The Hall–Kier alpha value is -2.55. The number of hydrogen-bond acceptors (Lipinski definition) is 2. The van der Waals surface area contributed by atoms with Gasteiger partial charge in [-0.15, -0.1) is 0 Å². The topological polar surface area (TPSA) is 69.6 Å². The van der Waals surface area contributed by atoms with Crippen molar-refractivity contribution < 1.29 is 27.9 Å². The number of nitrogens with zero attached hydrogens (tertiary/aromatic N) is 1. The fourth-order valence-corrected chi connectivity index (χ4v) is 3.97. The van der Waals surface area contributed by atoms with Crippen LogP contribution < -0.4 is 5.32 Å². The van der Waals surface area contributed by atoms with E-state index in [1.165, 1.54) is 11.0 Å². The van der Waals surface area contributed by atoms with E-state index in [1.807, 2.05) is 30.3 Å². The van der Waals surface area contributed by atoms with E-state index in [-0.39, 0.29) is 29.0 Å². The van der Waals surface area contributed by atoms with Crippen LogP contribution in [0.1, 0.15) is 33.8 Å². The lowest BCUT2D eigenvalue weighted by Gasteiger charge is -2.38. The van der Waals surface area contributed by atoms with Gasteiger partial charge in [-0.25, -0.2) is 4.79 Å². The zero-order chi connectivity index (χ0) is 21.2. The summed E-state index contributed by atoms with van der Waals surface area (Å²) in [6.45, 7) is 0.423. The van der Waals surface area contributed by atoms with Crippen LogP contribution in [-0.2, 0) is 6.18 Å². The van der Waals surface area contributed by atoms with Gasteiger partial charge in [0, 0.05) is 35.1 Å². The third kappa shape index (κ3) is 5.09. The Kier molecular flexibility index (Phi) is 6.16. The van der Waals surface area contributed by atoms with Crippen LogP contribution in [0.25, 0.3) is 0 Å². The lowest BCUT2D eigenvalue weighted by molar-refractivity contribution is -0.137. The number of carboxylic acid groups (broad SMARTS) is 1. The fraction of sp³-hybridized carbons (Fsp3) is 0.300. The van der Waals surface area contributed by atoms with Gasteiger partial charge in [-0.2, -0.15) is 13.2 Å². The zero-order valence-corrected chi connectivity index (χ0v) is 16.7. The van der Waals surface area contributed by atoms with Crippen molar-refractivity contribution in [2.45, 2.75) is 24.6 Å². The lowest BCUT2D eigenvalue weighted by atomic mass is 9.86. The molecule has 2 amide bonds. The molecule has 1 aliphatic rings. The van der Waals surface area contributed by atoms with Crippen LogP contribution in [0.15, 0.2) is 53.0 Å². The second-order valence-electron chi connectivity index (χ2n) is 6.84. The van der Waals surface area contributed by atoms with Crippen LogP contribution in [0.3, 0.4) is 0 Å². The molecule has 3 rings (SSSR count). The van der Waals surface area contributed by atoms with Crippen LogP contribution in [0, 0.1) is 0 Å². The number of hydrogen-bond donors (Lipinski definition) is 2. The molecule has 29 heavy (non-hydrogen) atoms. The van der Waals surface area contributed by atoms with Crippen molar-refractivity contribution in [1.29, 1.82) is 0 Å². The van der Waals surface area contributed by atoms with Gasteiger partial charge in [-0.3, -0.25) is 4.79 Å². The number of nitrogens with one attached hydrogen (secondary N) is 1. The van der Waals surface area contributed by atoms with Crippen LogP contribution in [0.5, 0.6) is 0 Å². The monoisotopic (exact) mass is 470 g/mol. The highest BCUT2D eigenvalue weighted by Gasteiger charge is 2.35. The first-order valence-electron chi connectivity index (χ1n) is 8.86. The number of likely N-dealkylation sites (tertiary alicyclic amines) is 1. The first-order valence-corrected chi connectivity index (χ1v) is 9.66. The molecule has 0 saturated carbocycles. The van der Waals surface area contributed by atoms with Gasteiger partial charge in [0.1, 0.15) is 0 Å². The van der Waals surface area contributed by atoms with E-state index in [0.717, 1.165) is 17.7 Å². The second-order valence-corrected chi connectivity index (χ2v) is 7.76. The van der Waals surface area contributed by atoms with Gasteiger partial charge < -0.3 is 15.3 Å². The summed E-state index contributed by atoms with van der Waals surface area (Å²) in [5, 5.41) is 12.1. The number of rotatable bonds is 3. The number of halogens is 4. The van der Waals surface area contributed by atoms with Crippen LogP contribution in [0.2, 0.25) is 0 Å². The van der Waals surface area contributed by atoms with Crippen molar-refractivity contribution in [2.75, 3.05) is 13.1 Å². The molecule has 1 heterocycles. The molecule has 2 aromatic carbocycles. The minimum atomic E-state index is -4.57. The summed E-state index contributed by atoms with van der Waals surface area (Å²) in [6.07, 6.45) is -5.26. The smallest absolute Gasteiger partial charge is 0.416 e. The first kappa shape index (κ1) is 21.2. The second kappa shape index (κ2) is 8.44. The van der Waals surface area contributed by atoms with Crippen LogP contribution >= 0.6 is 15.9 Å². The molecule has 0 radical (unpaired) electrons. The van der Waals surface area contributed by atoms with E-state index in [4.69, 9.17) is 0 Å². The number of alkyl halides is 3. The Labute approximate surface area is 173 Å². The molecule has 2 N–H and O–H groups in total. The van der Waals surface area contributed by atoms with Crippen LogP contribution in [0.4, 0.5) is 18.0 Å². The lowest BCUT2D eigenvalue weighted by Crippen LogP contribution is -2.51. The Bertz CT molecular complexity index is 906. The molecule has 0 bridgehead atoms. The SMILES string of the molecule is O=C(N[C@@H]1CCN(C(=O)O)C[C@H]1c1ccccc1)c1cc(Br)cc(C(F)(F)F)c1. The predicted molar refractivity (Wildman–Crippen MR) is 104 cm³/mol. The third-order valence-electron chi connectivity index (χ3n) is 4.91. The van der Waals surface area contributed by atoms with Crippen molar-refractivity contribution in [3.05, 3.63) is 69.7 Å². The fourth-order valence-electron chi connectivity index (χ4n) is 3.47. The summed E-state index contributed by atoms with van der Waals surface area (Å²) >= 11 is 3.02. The molecule has 1 fully saturated rings. The van der Waals surface area contributed by atoms with Crippen LogP contribution in [-0.4, -0.2) is 41.1 Å². The van der Waals surface area contributed by atoms with E-state index >= 15 is 0 Å². The van der Waals surface area contributed by atoms with Gasteiger partial charge >= 0.3 is 12.3 Å². The molecule has 2 atom stereocenters. The number of carbonyl (C=O) groups is 2. The van der Waals surface area contributed by atoms with Crippen molar-refractivity contribution in [2.24, 2.45) is 0 Å². The maximum absolute atomic E-state index is 13.1. The maximum atomic E-state index is 13.1. The molecule has 0 unspecified atom stereocenters. The van der Waals surface area contributed by atoms with E-state index in [1.54, 1.807) is 0 Å². The van der Waals surface area contributed by atoms with Gasteiger partial charge in [0.15, 0.2) is 0 Å². The summed E-state index contributed by atoms with van der Waals surface area (Å²) < 4.78 is 39.3. The minimum absolute atomic E-state index is 0.112. The molecule has 5 nitrogen and oxygen atoms in total. The molecule has 9 heteroatoms. The van der Waals surface area contributed by atoms with E-state index < -0.39 is 29.8 Å². The van der Waals surface area contributed by atoms with Crippen molar-refractivity contribution in [1.82, 2.24) is 10.2 Å². The molecule has 0 aromatic heterocycles. The summed E-state index contributed by atoms with van der Waals surface area (Å²) in [4.78, 5) is 25.4. The zero-order valence-electron chi connectivity index (χ0n) is 15.1. The Morgan fingerprint density at radius 3 is 2.45 bits per heavy atom. The normalized spacial score (nSPS) is 19.7. The van der Waals surface area contributed by atoms with Gasteiger partial charge in [0.2, 0.25) is 0 Å². The largest absolute Gasteiger partial charge is 0.465 e. The average Bonchev–Trinajstić information content (AvgIpc) is 2.67. The number of piperidine rings is 1. The standard InChI is InChI=1S/C20H18BrF3N2O3/c21-15-9-13(8-14(10-15)20(22,23)24)18(27)25-17-6-7-26(19(28)29)11-16(17)12-4-2-1-3-5-12/h1-5,8-10,16-17H,6-7,11H2,(H,25,27)(H,28,29)/t16-,17+/m0/s1. The van der Waals surface area contributed by atoms with E-state index in [0.29, 0.717) is 6.42 Å². The highest BCUT2D eigenvalue weighted by molar-refractivity contribution is 9.10. The molecule has 0 spiro atoms. The van der Waals surface area contributed by atoms with Crippen molar-refractivity contribution >= 4 is 27.9 Å². The highest BCUT2D eigenvalue weighted by atomic mass is 79.9. The van der Waals surface area contributed by atoms with Crippen molar-refractivity contribution in [3.8, 4) is 0 Å². The Balaban J connectivity index is 1.85. The Morgan fingerprint density at radius 1 is 1.14 bits per heavy atom. The summed E-state index contributed by atoms with van der Waals surface area (Å²) in [6, 6.07) is 11.8. The molecular formula is C20H18BrF3N2O3. The predicted octanol–water partition coefficient (Wildman–Crippen LogP) is 4.73.